The van der Waals surface area contributed by atoms with Crippen molar-refractivity contribution >= 4 is 38.7 Å². The van der Waals surface area contributed by atoms with Gasteiger partial charge in [-0.1, -0.05) is 123 Å². The Morgan fingerprint density at radius 2 is 0.792 bits per heavy atom. The van der Waals surface area contributed by atoms with Gasteiger partial charge >= 0.3 is 0 Å². The maximum Gasteiger partial charge on any atom is 0.0775 e. The topological polar surface area (TPSA) is 0 Å². The smallest absolute Gasteiger partial charge is 0.0775 e. The highest BCUT2D eigenvalue weighted by Gasteiger charge is 2.15. The molecule has 0 atom stereocenters. The SMILES string of the molecule is C=Cc1ccc([Si](C)(C)C)cc1.C=Cc1ccc([Si](C)(C)C)cc1. The second-order valence-electron chi connectivity index (χ2n) is 8.15. The first-order valence-electron chi connectivity index (χ1n) is 8.54. The Kier molecular flexibility index (Phi) is 7.18. The molecule has 2 aromatic rings. The molecular formula is C22H32Si2. The van der Waals surface area contributed by atoms with Crippen LogP contribution in [-0.4, -0.2) is 16.1 Å². The summed E-state index contributed by atoms with van der Waals surface area (Å²) in [7, 11) is -2.21. The third-order valence-corrected chi connectivity index (χ3v) is 8.16. The van der Waals surface area contributed by atoms with Crippen LogP contribution in [0, 0.1) is 0 Å². The first-order valence-corrected chi connectivity index (χ1v) is 15.5. The van der Waals surface area contributed by atoms with Gasteiger partial charge in [0.15, 0.2) is 0 Å². The highest BCUT2D eigenvalue weighted by Crippen LogP contribution is 2.05. The second-order valence-corrected chi connectivity index (χ2v) is 18.3. The van der Waals surface area contributed by atoms with Crippen LogP contribution in [0.15, 0.2) is 61.7 Å². The monoisotopic (exact) mass is 352 g/mol. The maximum atomic E-state index is 3.73. The van der Waals surface area contributed by atoms with Gasteiger partial charge in [-0.05, 0) is 11.1 Å². The molecule has 0 fully saturated rings. The van der Waals surface area contributed by atoms with Gasteiger partial charge in [-0.25, -0.2) is 0 Å². The minimum absolute atomic E-state index is 1.10. The number of benzene rings is 2. The van der Waals surface area contributed by atoms with E-state index in [1.165, 1.54) is 21.5 Å². The quantitative estimate of drug-likeness (QED) is 0.615. The molecule has 0 bridgehead atoms. The van der Waals surface area contributed by atoms with Crippen LogP contribution in [0.25, 0.3) is 12.2 Å². The molecule has 0 spiro atoms. The molecule has 0 nitrogen and oxygen atoms in total. The second kappa shape index (κ2) is 8.45. The third kappa shape index (κ3) is 6.46. The van der Waals surface area contributed by atoms with Crippen molar-refractivity contribution in [2.75, 3.05) is 0 Å². The lowest BCUT2D eigenvalue weighted by Gasteiger charge is -2.16. The Morgan fingerprint density at radius 1 is 0.542 bits per heavy atom. The first-order chi connectivity index (χ1) is 11.1. The minimum Gasteiger partial charge on any atom is -0.0985 e. The fourth-order valence-electron chi connectivity index (χ4n) is 2.24. The standard InChI is InChI=1S/2C11H16Si/c2*1-5-10-6-8-11(9-7-10)12(2,3)4/h2*5-9H,1H2,2-4H3. The van der Waals surface area contributed by atoms with E-state index in [0.717, 1.165) is 0 Å². The van der Waals surface area contributed by atoms with Crippen molar-refractivity contribution in [2.24, 2.45) is 0 Å². The van der Waals surface area contributed by atoms with E-state index in [9.17, 15) is 0 Å². The molecule has 0 saturated heterocycles. The molecule has 0 aliphatic rings. The molecule has 2 rings (SSSR count). The van der Waals surface area contributed by atoms with Crippen molar-refractivity contribution in [3.63, 3.8) is 0 Å². The van der Waals surface area contributed by atoms with Gasteiger partial charge in [0.1, 0.15) is 0 Å². The number of hydrogen-bond donors (Lipinski definition) is 0. The predicted molar refractivity (Wildman–Crippen MR) is 119 cm³/mol. The molecule has 128 valence electrons. The first kappa shape index (κ1) is 20.4. The van der Waals surface area contributed by atoms with E-state index in [1.54, 1.807) is 0 Å². The summed E-state index contributed by atoms with van der Waals surface area (Å²) in [5, 5.41) is 3.02. The Morgan fingerprint density at radius 3 is 0.958 bits per heavy atom. The molecule has 2 aromatic carbocycles. The third-order valence-electron chi connectivity index (χ3n) is 4.02. The summed E-state index contributed by atoms with van der Waals surface area (Å²) in [4.78, 5) is 0. The van der Waals surface area contributed by atoms with E-state index < -0.39 is 16.1 Å². The molecule has 0 N–H and O–H groups in total. The summed E-state index contributed by atoms with van der Waals surface area (Å²) in [6.07, 6.45) is 3.77. The van der Waals surface area contributed by atoms with Crippen LogP contribution in [0.3, 0.4) is 0 Å². The average Bonchev–Trinajstić information content (AvgIpc) is 2.54. The van der Waals surface area contributed by atoms with Gasteiger partial charge in [-0.2, -0.15) is 0 Å². The fourth-order valence-corrected chi connectivity index (χ4v) is 4.57. The van der Waals surface area contributed by atoms with Crippen molar-refractivity contribution in [3.8, 4) is 0 Å². The van der Waals surface area contributed by atoms with Crippen LogP contribution >= 0.6 is 0 Å². The number of hydrogen-bond acceptors (Lipinski definition) is 0. The van der Waals surface area contributed by atoms with Crippen molar-refractivity contribution in [2.45, 2.75) is 39.3 Å². The lowest BCUT2D eigenvalue weighted by atomic mass is 10.2. The van der Waals surface area contributed by atoms with E-state index in [0.29, 0.717) is 0 Å². The van der Waals surface area contributed by atoms with Crippen molar-refractivity contribution in [3.05, 3.63) is 72.8 Å². The predicted octanol–water partition coefficient (Wildman–Crippen LogP) is 5.75. The van der Waals surface area contributed by atoms with Crippen molar-refractivity contribution in [1.29, 1.82) is 0 Å². The summed E-state index contributed by atoms with van der Waals surface area (Å²) < 4.78 is 0. The molecule has 0 saturated carbocycles. The van der Waals surface area contributed by atoms with Gasteiger partial charge in [-0.15, -0.1) is 0 Å². The molecule has 0 heterocycles. The molecule has 0 aromatic heterocycles. The normalized spacial score (nSPS) is 11.2. The van der Waals surface area contributed by atoms with Crippen LogP contribution in [-0.2, 0) is 0 Å². The zero-order valence-corrected chi connectivity index (χ0v) is 18.2. The Labute approximate surface area is 151 Å². The summed E-state index contributed by atoms with van der Waals surface area (Å²) >= 11 is 0. The highest BCUT2D eigenvalue weighted by molar-refractivity contribution is 6.89. The zero-order valence-electron chi connectivity index (χ0n) is 16.2. The minimum atomic E-state index is -1.10. The molecule has 0 radical (unpaired) electrons. The Bertz CT molecular complexity index is 590. The molecule has 2 heteroatoms. The van der Waals surface area contributed by atoms with Gasteiger partial charge in [-0.3, -0.25) is 0 Å². The molecule has 0 unspecified atom stereocenters. The van der Waals surface area contributed by atoms with Crippen LogP contribution in [0.1, 0.15) is 11.1 Å². The molecule has 0 aliphatic heterocycles. The van der Waals surface area contributed by atoms with Gasteiger partial charge in [0.2, 0.25) is 0 Å². The zero-order chi connectivity index (χ0) is 18.4. The lowest BCUT2D eigenvalue weighted by molar-refractivity contribution is 1.65. The molecular weight excluding hydrogens is 320 g/mol. The summed E-state index contributed by atoms with van der Waals surface area (Å²) in [6, 6.07) is 17.5. The number of rotatable bonds is 4. The van der Waals surface area contributed by atoms with E-state index in [-0.39, 0.29) is 0 Å². The van der Waals surface area contributed by atoms with E-state index in [1.807, 2.05) is 12.2 Å². The van der Waals surface area contributed by atoms with Gasteiger partial charge in [0.25, 0.3) is 0 Å². The van der Waals surface area contributed by atoms with Crippen LogP contribution in [0.4, 0.5) is 0 Å². The lowest BCUT2D eigenvalue weighted by Crippen LogP contribution is -2.37. The summed E-state index contributed by atoms with van der Waals surface area (Å²) in [5.74, 6) is 0. The van der Waals surface area contributed by atoms with Crippen LogP contribution in [0.2, 0.25) is 39.3 Å². The largest absolute Gasteiger partial charge is 0.0985 e. The van der Waals surface area contributed by atoms with Gasteiger partial charge < -0.3 is 0 Å². The highest BCUT2D eigenvalue weighted by atomic mass is 28.3. The van der Waals surface area contributed by atoms with Crippen LogP contribution < -0.4 is 10.4 Å². The van der Waals surface area contributed by atoms with Crippen LogP contribution in [0.5, 0.6) is 0 Å². The van der Waals surface area contributed by atoms with E-state index >= 15 is 0 Å². The molecule has 24 heavy (non-hydrogen) atoms. The summed E-state index contributed by atoms with van der Waals surface area (Å²) in [5.41, 5.74) is 2.41. The van der Waals surface area contributed by atoms with Gasteiger partial charge in [0, 0.05) is 0 Å². The average molecular weight is 353 g/mol. The summed E-state index contributed by atoms with van der Waals surface area (Å²) in [6.45, 7) is 21.6. The Hall–Kier alpha value is -1.65. The van der Waals surface area contributed by atoms with E-state index in [4.69, 9.17) is 0 Å². The molecule has 0 amide bonds. The van der Waals surface area contributed by atoms with E-state index in [2.05, 4.69) is 101 Å². The van der Waals surface area contributed by atoms with Crippen molar-refractivity contribution < 1.29 is 0 Å². The Balaban J connectivity index is 0.000000240. The maximum absolute atomic E-state index is 3.73. The van der Waals surface area contributed by atoms with Gasteiger partial charge in [0.05, 0.1) is 16.1 Å². The van der Waals surface area contributed by atoms with Crippen molar-refractivity contribution in [1.82, 2.24) is 0 Å². The fraction of sp³-hybridized carbons (Fsp3) is 0.273. The molecule has 0 aliphatic carbocycles.